The van der Waals surface area contributed by atoms with Crippen LogP contribution in [0.5, 0.6) is 0 Å². The van der Waals surface area contributed by atoms with E-state index in [-0.39, 0.29) is 29.8 Å². The molecule has 5 rings (SSSR count). The van der Waals surface area contributed by atoms with Crippen molar-refractivity contribution < 1.29 is 22.8 Å². The Morgan fingerprint density at radius 1 is 1.15 bits per heavy atom. The normalized spacial score (nSPS) is 21.1. The van der Waals surface area contributed by atoms with Crippen LogP contribution in [-0.4, -0.2) is 61.0 Å². The third-order valence-electron chi connectivity index (χ3n) is 5.91. The van der Waals surface area contributed by atoms with Crippen LogP contribution in [0.2, 0.25) is 0 Å². The van der Waals surface area contributed by atoms with Crippen molar-refractivity contribution in [2.45, 2.75) is 30.3 Å². The molecule has 0 radical (unpaired) electrons. The molecule has 3 heterocycles. The number of imide groups is 1. The van der Waals surface area contributed by atoms with Crippen LogP contribution >= 0.6 is 0 Å². The number of amidine groups is 1. The first-order valence-electron chi connectivity index (χ1n) is 10.5. The zero-order chi connectivity index (χ0) is 23.2. The summed E-state index contributed by atoms with van der Waals surface area (Å²) in [7, 11) is -3.78. The molecule has 11 heteroatoms. The fourth-order valence-electron chi connectivity index (χ4n) is 4.36. The van der Waals surface area contributed by atoms with Gasteiger partial charge in [-0.15, -0.1) is 4.40 Å². The molecule has 0 unspecified atom stereocenters. The molecule has 10 nitrogen and oxygen atoms in total. The maximum absolute atomic E-state index is 13.1. The van der Waals surface area contributed by atoms with Crippen LogP contribution in [0.15, 0.2) is 57.8 Å². The van der Waals surface area contributed by atoms with E-state index in [0.29, 0.717) is 35.6 Å². The average molecular weight is 468 g/mol. The van der Waals surface area contributed by atoms with Gasteiger partial charge in [0.05, 0.1) is 13.1 Å². The molecule has 3 aliphatic heterocycles. The van der Waals surface area contributed by atoms with Crippen LogP contribution in [0.3, 0.4) is 0 Å². The van der Waals surface area contributed by atoms with Gasteiger partial charge in [0.15, 0.2) is 5.84 Å². The Balaban J connectivity index is 1.33. The van der Waals surface area contributed by atoms with E-state index >= 15 is 0 Å². The summed E-state index contributed by atoms with van der Waals surface area (Å²) >= 11 is 0. The summed E-state index contributed by atoms with van der Waals surface area (Å²) in [4.78, 5) is 39.8. The Labute approximate surface area is 190 Å². The summed E-state index contributed by atoms with van der Waals surface area (Å²) in [6.07, 6.45) is 1.29. The summed E-state index contributed by atoms with van der Waals surface area (Å²) in [6, 6.07) is 12.5. The van der Waals surface area contributed by atoms with E-state index in [2.05, 4.69) is 15.0 Å². The van der Waals surface area contributed by atoms with E-state index in [1.165, 1.54) is 6.07 Å². The van der Waals surface area contributed by atoms with Crippen LogP contribution in [0.25, 0.3) is 0 Å². The van der Waals surface area contributed by atoms with Crippen LogP contribution in [0.4, 0.5) is 10.5 Å². The average Bonchev–Trinajstić information content (AvgIpc) is 3.47. The fraction of sp³-hybridized carbons (Fsp3) is 0.273. The Hall–Kier alpha value is -3.73. The molecule has 3 aliphatic rings. The van der Waals surface area contributed by atoms with Crippen molar-refractivity contribution in [2.24, 2.45) is 4.40 Å². The lowest BCUT2D eigenvalue weighted by Crippen LogP contribution is -2.43. The zero-order valence-electron chi connectivity index (χ0n) is 17.5. The molecule has 1 atom stereocenters. The minimum atomic E-state index is -3.78. The van der Waals surface area contributed by atoms with E-state index in [0.717, 1.165) is 11.3 Å². The van der Waals surface area contributed by atoms with Gasteiger partial charge < -0.3 is 15.5 Å². The molecule has 2 saturated heterocycles. The first kappa shape index (κ1) is 21.1. The van der Waals surface area contributed by atoms with Crippen molar-refractivity contribution in [1.82, 2.24) is 15.1 Å². The number of rotatable bonds is 4. The molecule has 0 aliphatic carbocycles. The third-order valence-corrected chi connectivity index (χ3v) is 7.24. The van der Waals surface area contributed by atoms with E-state index in [9.17, 15) is 22.8 Å². The number of fused-ring (bicyclic) bond motifs is 1. The van der Waals surface area contributed by atoms with Gasteiger partial charge in [0.25, 0.3) is 10.0 Å². The second kappa shape index (κ2) is 8.00. The first-order valence-corrected chi connectivity index (χ1v) is 12.0. The molecule has 0 bridgehead atoms. The van der Waals surface area contributed by atoms with Crippen LogP contribution in [0.1, 0.15) is 24.0 Å². The number of hydrogen-bond acceptors (Lipinski definition) is 6. The summed E-state index contributed by atoms with van der Waals surface area (Å²) in [5.41, 5.74) is 1.73. The number of likely N-dealkylation sites (tertiary alicyclic amines) is 1. The van der Waals surface area contributed by atoms with E-state index in [1.807, 2.05) is 0 Å². The number of carbonyl (C=O) groups excluding carboxylic acids is 3. The van der Waals surface area contributed by atoms with Crippen molar-refractivity contribution in [3.63, 3.8) is 0 Å². The molecule has 170 valence electrons. The predicted octanol–water partition coefficient (Wildman–Crippen LogP) is 1.29. The number of carbonyl (C=O) groups is 3. The van der Waals surface area contributed by atoms with Gasteiger partial charge in [0, 0.05) is 17.8 Å². The Morgan fingerprint density at radius 3 is 2.76 bits per heavy atom. The van der Waals surface area contributed by atoms with Gasteiger partial charge in [-0.2, -0.15) is 8.42 Å². The lowest BCUT2D eigenvalue weighted by atomic mass is 10.1. The maximum Gasteiger partial charge on any atom is 0.324 e. The summed E-state index contributed by atoms with van der Waals surface area (Å²) < 4.78 is 28.8. The lowest BCUT2D eigenvalue weighted by molar-refractivity contribution is -0.125. The smallest absolute Gasteiger partial charge is 0.324 e. The van der Waals surface area contributed by atoms with Crippen LogP contribution in [-0.2, 0) is 26.2 Å². The molecule has 33 heavy (non-hydrogen) atoms. The van der Waals surface area contributed by atoms with Gasteiger partial charge in [-0.3, -0.25) is 14.5 Å². The topological polar surface area (TPSA) is 128 Å². The number of urea groups is 1. The van der Waals surface area contributed by atoms with Crippen LogP contribution < -0.4 is 10.6 Å². The SMILES string of the molecule is O=C(Nc1cccc(CN2C(=O)CNC2=O)c1)[C@@H]1CCCN1C1=NS(=O)(=O)c2ccccc21. The van der Waals surface area contributed by atoms with Gasteiger partial charge in [-0.25, -0.2) is 4.79 Å². The van der Waals surface area contributed by atoms with E-state index < -0.39 is 22.1 Å². The Morgan fingerprint density at radius 2 is 1.97 bits per heavy atom. The van der Waals surface area contributed by atoms with Crippen molar-refractivity contribution in [3.8, 4) is 0 Å². The number of hydrogen-bond donors (Lipinski definition) is 2. The van der Waals surface area contributed by atoms with Gasteiger partial charge >= 0.3 is 6.03 Å². The Kier molecular flexibility index (Phi) is 5.12. The lowest BCUT2D eigenvalue weighted by Gasteiger charge is -2.25. The molecular weight excluding hydrogens is 446 g/mol. The Bertz CT molecular complexity index is 1290. The van der Waals surface area contributed by atoms with E-state index in [4.69, 9.17) is 0 Å². The minimum absolute atomic E-state index is 0.0183. The second-order valence-corrected chi connectivity index (χ2v) is 9.64. The summed E-state index contributed by atoms with van der Waals surface area (Å²) in [6.45, 7) is 0.609. The summed E-state index contributed by atoms with van der Waals surface area (Å²) in [5, 5.41) is 5.36. The fourth-order valence-corrected chi connectivity index (χ4v) is 5.58. The summed E-state index contributed by atoms with van der Waals surface area (Å²) in [5.74, 6) is -0.275. The highest BCUT2D eigenvalue weighted by Crippen LogP contribution is 2.31. The van der Waals surface area contributed by atoms with Gasteiger partial charge in [-0.05, 0) is 42.7 Å². The highest BCUT2D eigenvalue weighted by molar-refractivity contribution is 7.90. The highest BCUT2D eigenvalue weighted by Gasteiger charge is 2.39. The second-order valence-electron chi connectivity index (χ2n) is 8.07. The van der Waals surface area contributed by atoms with Crippen LogP contribution in [0, 0.1) is 0 Å². The van der Waals surface area contributed by atoms with Gasteiger partial charge in [0.1, 0.15) is 10.9 Å². The monoisotopic (exact) mass is 467 g/mol. The number of benzene rings is 2. The van der Waals surface area contributed by atoms with Gasteiger partial charge in [-0.1, -0.05) is 24.3 Å². The standard InChI is InChI=1S/C22H21N5O5S/c28-19-12-23-22(30)27(19)13-14-5-3-6-15(11-14)24-21(29)17-8-4-10-26(17)20-16-7-1-2-9-18(16)33(31,32)25-20/h1-3,5-7,9,11,17H,4,8,10,12-13H2,(H,23,30)(H,24,29)/t17-/m0/s1. The highest BCUT2D eigenvalue weighted by atomic mass is 32.2. The van der Waals surface area contributed by atoms with Crippen molar-refractivity contribution >= 4 is 39.4 Å². The number of sulfonamides is 1. The largest absolute Gasteiger partial charge is 0.343 e. The van der Waals surface area contributed by atoms with Crippen molar-refractivity contribution in [1.29, 1.82) is 0 Å². The quantitative estimate of drug-likeness (QED) is 0.652. The molecule has 2 aromatic rings. The molecule has 0 spiro atoms. The first-order chi connectivity index (χ1) is 15.8. The molecule has 0 aromatic heterocycles. The minimum Gasteiger partial charge on any atom is -0.343 e. The number of anilines is 1. The van der Waals surface area contributed by atoms with Gasteiger partial charge in [0.2, 0.25) is 11.8 Å². The molecule has 2 aromatic carbocycles. The molecular formula is C22H21N5O5S. The number of amides is 4. The van der Waals surface area contributed by atoms with Crippen molar-refractivity contribution in [2.75, 3.05) is 18.4 Å². The molecule has 0 saturated carbocycles. The zero-order valence-corrected chi connectivity index (χ0v) is 18.3. The maximum atomic E-state index is 13.1. The molecule has 4 amide bonds. The van der Waals surface area contributed by atoms with Crippen molar-refractivity contribution in [3.05, 3.63) is 59.7 Å². The third kappa shape index (κ3) is 3.84. The molecule has 2 N–H and O–H groups in total. The molecule has 2 fully saturated rings. The number of nitrogens with zero attached hydrogens (tertiary/aromatic N) is 3. The number of nitrogens with one attached hydrogen (secondary N) is 2. The van der Waals surface area contributed by atoms with E-state index in [1.54, 1.807) is 47.4 Å². The predicted molar refractivity (Wildman–Crippen MR) is 119 cm³/mol.